The molecular formula is C31H37NO2. The lowest BCUT2D eigenvalue weighted by molar-refractivity contribution is -0.869. The minimum Gasteiger partial charge on any atom is -0.633 e. The number of rotatable bonds is 2. The smallest absolute Gasteiger partial charge is 0.0975 e. The Morgan fingerprint density at radius 1 is 1.09 bits per heavy atom. The molecule has 0 radical (unpaired) electrons. The van der Waals surface area contributed by atoms with Gasteiger partial charge in [0.15, 0.2) is 0 Å². The van der Waals surface area contributed by atoms with Crippen molar-refractivity contribution in [3.05, 3.63) is 76.5 Å². The van der Waals surface area contributed by atoms with Crippen molar-refractivity contribution in [2.45, 2.75) is 81.5 Å². The number of hydrogen-bond acceptors (Lipinski definition) is 2. The summed E-state index contributed by atoms with van der Waals surface area (Å²) in [5.74, 6) is 0.904. The topological polar surface area (TPSA) is 32.3 Å². The highest BCUT2D eigenvalue weighted by atomic mass is 16.5. The van der Waals surface area contributed by atoms with Gasteiger partial charge in [-0.2, -0.15) is 0 Å². The minimum absolute atomic E-state index is 0.110. The van der Waals surface area contributed by atoms with Crippen LogP contribution in [-0.4, -0.2) is 35.9 Å². The summed E-state index contributed by atoms with van der Waals surface area (Å²) in [6.07, 6.45) is 12.0. The zero-order valence-corrected chi connectivity index (χ0v) is 20.3. The lowest BCUT2D eigenvalue weighted by Crippen LogP contribution is -2.56. The number of quaternary nitrogens is 1. The SMILES string of the molecule is [2H]C([2H])([2H])[N+](C)([O-])[C@H]1CCC2=CC3=CC[C@]4(C)[C@@H](c5ccc6ccccc6c5)CC[C@H]4C34CC[C@]2(C1)O4. The number of nitrogens with zero attached hydrogens (tertiary/aromatic N) is 1. The van der Waals surface area contributed by atoms with E-state index in [1.165, 1.54) is 34.5 Å². The zero-order valence-electron chi connectivity index (χ0n) is 23.3. The molecule has 7 atom stereocenters. The van der Waals surface area contributed by atoms with Gasteiger partial charge in [0.05, 0.1) is 35.4 Å². The van der Waals surface area contributed by atoms with Gasteiger partial charge in [-0.1, -0.05) is 61.5 Å². The first-order chi connectivity index (χ1) is 17.5. The van der Waals surface area contributed by atoms with E-state index in [1.807, 2.05) is 0 Å². The first kappa shape index (κ1) is 18.3. The fraction of sp³-hybridized carbons (Fsp3) is 0.548. The van der Waals surface area contributed by atoms with Crippen molar-refractivity contribution < 1.29 is 13.5 Å². The molecule has 0 amide bonds. The van der Waals surface area contributed by atoms with Gasteiger partial charge < -0.3 is 14.6 Å². The first-order valence-corrected chi connectivity index (χ1v) is 13.2. The normalized spacial score (nSPS) is 44.0. The number of benzene rings is 2. The van der Waals surface area contributed by atoms with Crippen molar-refractivity contribution in [2.24, 2.45) is 11.3 Å². The monoisotopic (exact) mass is 458 g/mol. The molecule has 178 valence electrons. The van der Waals surface area contributed by atoms with E-state index in [-0.39, 0.29) is 11.0 Å². The molecule has 2 aliphatic heterocycles. The van der Waals surface area contributed by atoms with E-state index in [4.69, 9.17) is 8.85 Å². The van der Waals surface area contributed by atoms with Gasteiger partial charge in [0, 0.05) is 12.8 Å². The van der Waals surface area contributed by atoms with Crippen LogP contribution in [-0.2, 0) is 4.74 Å². The highest BCUT2D eigenvalue weighted by Gasteiger charge is 2.67. The summed E-state index contributed by atoms with van der Waals surface area (Å²) in [6, 6.07) is 15.1. The van der Waals surface area contributed by atoms with Gasteiger partial charge in [-0.3, -0.25) is 0 Å². The van der Waals surface area contributed by atoms with Crippen LogP contribution in [0, 0.1) is 16.5 Å². The van der Waals surface area contributed by atoms with Gasteiger partial charge in [-0.05, 0) is 83.3 Å². The van der Waals surface area contributed by atoms with Crippen molar-refractivity contribution >= 4 is 10.8 Å². The van der Waals surface area contributed by atoms with E-state index in [2.05, 4.69) is 61.5 Å². The Morgan fingerprint density at radius 3 is 2.79 bits per heavy atom. The number of hydrogen-bond donors (Lipinski definition) is 0. The molecule has 0 aromatic heterocycles. The number of fused-ring (bicyclic) bond motifs is 2. The molecule has 5 aliphatic rings. The second-order valence-corrected chi connectivity index (χ2v) is 12.2. The Hall–Kier alpha value is -1.94. The van der Waals surface area contributed by atoms with Gasteiger partial charge in [0.25, 0.3) is 0 Å². The third kappa shape index (κ3) is 2.75. The summed E-state index contributed by atoms with van der Waals surface area (Å²) in [5.41, 5.74) is 3.41. The van der Waals surface area contributed by atoms with Crippen molar-refractivity contribution in [1.82, 2.24) is 0 Å². The first-order valence-electron chi connectivity index (χ1n) is 14.7. The average molecular weight is 459 g/mol. The number of hydroxylamine groups is 3. The van der Waals surface area contributed by atoms with Crippen LogP contribution in [0.5, 0.6) is 0 Å². The molecule has 2 heterocycles. The summed E-state index contributed by atoms with van der Waals surface area (Å²) in [5, 5.41) is 15.9. The van der Waals surface area contributed by atoms with Gasteiger partial charge in [0.2, 0.25) is 0 Å². The van der Waals surface area contributed by atoms with Crippen LogP contribution in [0.15, 0.2) is 65.8 Å². The molecule has 1 saturated heterocycles. The van der Waals surface area contributed by atoms with Crippen molar-refractivity contribution in [1.29, 1.82) is 0 Å². The summed E-state index contributed by atoms with van der Waals surface area (Å²) in [6.45, 7) is -0.0927. The summed E-state index contributed by atoms with van der Waals surface area (Å²) < 4.78 is 29.8. The lowest BCUT2D eigenvalue weighted by atomic mass is 9.58. The molecule has 3 fully saturated rings. The summed E-state index contributed by atoms with van der Waals surface area (Å²) in [7, 11) is 1.34. The third-order valence-corrected chi connectivity index (χ3v) is 10.5. The maximum atomic E-state index is 13.3. The van der Waals surface area contributed by atoms with Crippen LogP contribution >= 0.6 is 0 Å². The van der Waals surface area contributed by atoms with Crippen LogP contribution in [0.25, 0.3) is 10.8 Å². The van der Waals surface area contributed by atoms with E-state index in [0.717, 1.165) is 38.5 Å². The van der Waals surface area contributed by atoms with E-state index in [0.29, 0.717) is 24.7 Å². The average Bonchev–Trinajstić information content (AvgIpc) is 3.37. The van der Waals surface area contributed by atoms with E-state index < -0.39 is 23.3 Å². The second-order valence-electron chi connectivity index (χ2n) is 12.2. The number of ether oxygens (including phenoxy) is 1. The highest BCUT2D eigenvalue weighted by Crippen LogP contribution is 2.69. The maximum absolute atomic E-state index is 13.3. The quantitative estimate of drug-likeness (QED) is 0.358. The standard InChI is InChI=1S/C31H37NO2/c1-29-15-14-25-19-24-10-11-26(32(2,3)33)20-30(24)16-17-31(25,34-30)28(29)13-12-27(29)23-9-8-21-6-4-5-7-22(21)18-23/h4-9,14,18-19,26-28H,10-13,15-17,20H2,1-3H3/t26-,27+,28+,29+,30+,31?/m0/s1/i2D3/t26-,27+,28+,29+,30+,31?,32?. The van der Waals surface area contributed by atoms with Crippen LogP contribution in [0.2, 0.25) is 0 Å². The molecule has 7 rings (SSSR count). The molecule has 3 nitrogen and oxygen atoms in total. The molecule has 2 saturated carbocycles. The molecule has 2 aromatic rings. The van der Waals surface area contributed by atoms with Crippen molar-refractivity contribution in [2.75, 3.05) is 14.0 Å². The Kier molecular flexibility index (Phi) is 3.69. The fourth-order valence-corrected chi connectivity index (χ4v) is 8.78. The molecule has 2 aromatic carbocycles. The largest absolute Gasteiger partial charge is 0.633 e. The molecule has 3 heteroatoms. The van der Waals surface area contributed by atoms with Gasteiger partial charge in [-0.15, -0.1) is 0 Å². The molecule has 3 aliphatic carbocycles. The van der Waals surface area contributed by atoms with E-state index >= 15 is 0 Å². The van der Waals surface area contributed by atoms with Gasteiger partial charge >= 0.3 is 0 Å². The Morgan fingerprint density at radius 2 is 1.94 bits per heavy atom. The predicted octanol–water partition coefficient (Wildman–Crippen LogP) is 7.02. The summed E-state index contributed by atoms with van der Waals surface area (Å²) in [4.78, 5) is 0. The minimum atomic E-state index is -2.57. The molecule has 2 bridgehead atoms. The van der Waals surface area contributed by atoms with Crippen LogP contribution in [0.3, 0.4) is 0 Å². The Labute approximate surface area is 207 Å². The predicted molar refractivity (Wildman–Crippen MR) is 137 cm³/mol. The third-order valence-electron chi connectivity index (χ3n) is 10.5. The van der Waals surface area contributed by atoms with E-state index in [9.17, 15) is 5.21 Å². The summed E-state index contributed by atoms with van der Waals surface area (Å²) >= 11 is 0. The molecule has 2 unspecified atom stereocenters. The lowest BCUT2D eigenvalue weighted by Gasteiger charge is -2.55. The molecule has 2 spiro atoms. The Bertz CT molecular complexity index is 1350. The van der Waals surface area contributed by atoms with Crippen molar-refractivity contribution in [3.63, 3.8) is 0 Å². The number of allylic oxidation sites excluding steroid dienone is 1. The van der Waals surface area contributed by atoms with Gasteiger partial charge in [-0.25, -0.2) is 0 Å². The zero-order chi connectivity index (χ0) is 25.8. The van der Waals surface area contributed by atoms with Crippen LogP contribution < -0.4 is 0 Å². The van der Waals surface area contributed by atoms with Crippen molar-refractivity contribution in [3.8, 4) is 0 Å². The fourth-order valence-electron chi connectivity index (χ4n) is 8.78. The highest BCUT2D eigenvalue weighted by molar-refractivity contribution is 5.83. The molecular weight excluding hydrogens is 418 g/mol. The Balaban J connectivity index is 1.24. The maximum Gasteiger partial charge on any atom is 0.0975 e. The van der Waals surface area contributed by atoms with Crippen LogP contribution in [0.4, 0.5) is 0 Å². The van der Waals surface area contributed by atoms with E-state index in [1.54, 1.807) is 0 Å². The van der Waals surface area contributed by atoms with Crippen LogP contribution in [0.1, 0.15) is 73.9 Å². The van der Waals surface area contributed by atoms with Gasteiger partial charge in [0.1, 0.15) is 0 Å². The molecule has 34 heavy (non-hydrogen) atoms. The molecule has 0 N–H and O–H groups in total. The second kappa shape index (κ2) is 6.84.